The molecule has 7 nitrogen and oxygen atoms in total. The minimum Gasteiger partial charge on any atom is -0.454 e. The normalized spacial score (nSPS) is 28.8. The summed E-state index contributed by atoms with van der Waals surface area (Å²) in [4.78, 5) is 12.2. The van der Waals surface area contributed by atoms with Crippen LogP contribution >= 0.6 is 0 Å². The fourth-order valence-electron chi connectivity index (χ4n) is 3.32. The van der Waals surface area contributed by atoms with Gasteiger partial charge in [-0.15, -0.1) is 0 Å². The summed E-state index contributed by atoms with van der Waals surface area (Å²) in [5.74, 6) is 1.35. The number of ether oxygens (including phenoxy) is 4. The van der Waals surface area contributed by atoms with Crippen LogP contribution in [0.4, 0.5) is 10.5 Å². The maximum Gasteiger partial charge on any atom is 0.319 e. The molecule has 7 heteroatoms. The van der Waals surface area contributed by atoms with Crippen LogP contribution < -0.4 is 20.1 Å². The third-order valence-corrected chi connectivity index (χ3v) is 4.44. The first kappa shape index (κ1) is 14.6. The second-order valence-electron chi connectivity index (χ2n) is 5.99. The zero-order chi connectivity index (χ0) is 15.6. The molecule has 23 heavy (non-hydrogen) atoms. The van der Waals surface area contributed by atoms with Crippen molar-refractivity contribution in [2.45, 2.75) is 37.5 Å². The molecule has 1 aromatic carbocycles. The van der Waals surface area contributed by atoms with Crippen molar-refractivity contribution in [1.29, 1.82) is 0 Å². The number of carbonyl (C=O) groups excluding carboxylic acids is 1. The summed E-state index contributed by atoms with van der Waals surface area (Å²) < 4.78 is 22.0. The molecular formula is C16H20N2O5. The van der Waals surface area contributed by atoms with Gasteiger partial charge in [0.1, 0.15) is 0 Å². The minimum atomic E-state index is -0.218. The van der Waals surface area contributed by atoms with Crippen LogP contribution in [0.25, 0.3) is 0 Å². The summed E-state index contributed by atoms with van der Waals surface area (Å²) >= 11 is 0. The monoisotopic (exact) mass is 320 g/mol. The van der Waals surface area contributed by atoms with Crippen LogP contribution in [-0.2, 0) is 9.47 Å². The molecule has 2 aliphatic heterocycles. The number of carbonyl (C=O) groups is 1. The average molecular weight is 320 g/mol. The van der Waals surface area contributed by atoms with E-state index >= 15 is 0 Å². The fraction of sp³-hybridized carbons (Fsp3) is 0.562. The van der Waals surface area contributed by atoms with E-state index in [1.807, 2.05) is 0 Å². The highest BCUT2D eigenvalue weighted by atomic mass is 16.7. The summed E-state index contributed by atoms with van der Waals surface area (Å²) in [6.45, 7) is 1.53. The van der Waals surface area contributed by atoms with E-state index in [9.17, 15) is 4.79 Å². The van der Waals surface area contributed by atoms with Gasteiger partial charge in [-0.3, -0.25) is 0 Å². The van der Waals surface area contributed by atoms with Crippen LogP contribution in [0, 0.1) is 0 Å². The topological polar surface area (TPSA) is 78.1 Å². The SMILES string of the molecule is O=C(Nc1ccc2c(c1)OCO2)NC1CCC2OCCOC2C1. The Bertz CT molecular complexity index is 594. The van der Waals surface area contributed by atoms with E-state index in [0.29, 0.717) is 30.4 Å². The van der Waals surface area contributed by atoms with Crippen LogP contribution in [-0.4, -0.2) is 44.3 Å². The van der Waals surface area contributed by atoms with Gasteiger partial charge in [0, 0.05) is 17.8 Å². The lowest BCUT2D eigenvalue weighted by Gasteiger charge is -2.39. The molecular weight excluding hydrogens is 300 g/mol. The summed E-state index contributed by atoms with van der Waals surface area (Å²) in [5, 5.41) is 5.84. The highest BCUT2D eigenvalue weighted by Gasteiger charge is 2.34. The van der Waals surface area contributed by atoms with Crippen molar-refractivity contribution in [2.75, 3.05) is 25.3 Å². The second kappa shape index (κ2) is 6.25. The van der Waals surface area contributed by atoms with Gasteiger partial charge in [-0.1, -0.05) is 0 Å². The molecule has 3 atom stereocenters. The Morgan fingerprint density at radius 1 is 1.04 bits per heavy atom. The van der Waals surface area contributed by atoms with Gasteiger partial charge in [0.05, 0.1) is 25.4 Å². The smallest absolute Gasteiger partial charge is 0.319 e. The van der Waals surface area contributed by atoms with E-state index in [0.717, 1.165) is 19.3 Å². The molecule has 124 valence electrons. The lowest BCUT2D eigenvalue weighted by atomic mass is 9.90. The highest BCUT2D eigenvalue weighted by molar-refractivity contribution is 5.89. The van der Waals surface area contributed by atoms with E-state index in [4.69, 9.17) is 18.9 Å². The molecule has 0 aromatic heterocycles. The van der Waals surface area contributed by atoms with Crippen molar-refractivity contribution in [1.82, 2.24) is 5.32 Å². The van der Waals surface area contributed by atoms with Crippen molar-refractivity contribution in [2.24, 2.45) is 0 Å². The Morgan fingerprint density at radius 3 is 2.78 bits per heavy atom. The predicted octanol–water partition coefficient (Wildman–Crippen LogP) is 1.87. The number of benzene rings is 1. The molecule has 2 heterocycles. The number of amides is 2. The lowest BCUT2D eigenvalue weighted by molar-refractivity contribution is -0.157. The molecule has 1 aliphatic carbocycles. The van der Waals surface area contributed by atoms with E-state index in [1.165, 1.54) is 0 Å². The molecule has 1 aromatic rings. The molecule has 1 saturated heterocycles. The van der Waals surface area contributed by atoms with E-state index in [-0.39, 0.29) is 31.1 Å². The Balaban J connectivity index is 1.31. The molecule has 4 rings (SSSR count). The zero-order valence-electron chi connectivity index (χ0n) is 12.7. The third-order valence-electron chi connectivity index (χ3n) is 4.44. The maximum absolute atomic E-state index is 12.2. The molecule has 1 saturated carbocycles. The first-order valence-corrected chi connectivity index (χ1v) is 7.98. The molecule has 0 spiro atoms. The average Bonchev–Trinajstić information content (AvgIpc) is 3.02. The first-order valence-electron chi connectivity index (χ1n) is 7.98. The molecule has 3 unspecified atom stereocenters. The Morgan fingerprint density at radius 2 is 1.87 bits per heavy atom. The molecule has 3 aliphatic rings. The number of rotatable bonds is 2. The summed E-state index contributed by atoms with van der Waals surface area (Å²) in [6, 6.07) is 5.23. The summed E-state index contributed by atoms with van der Waals surface area (Å²) in [6.07, 6.45) is 2.88. The fourth-order valence-corrected chi connectivity index (χ4v) is 3.32. The van der Waals surface area contributed by atoms with Gasteiger partial charge < -0.3 is 29.6 Å². The molecule has 2 amide bonds. The molecule has 2 fully saturated rings. The molecule has 0 radical (unpaired) electrons. The zero-order valence-corrected chi connectivity index (χ0v) is 12.7. The summed E-state index contributed by atoms with van der Waals surface area (Å²) in [7, 11) is 0. The van der Waals surface area contributed by atoms with Gasteiger partial charge in [0.25, 0.3) is 0 Å². The van der Waals surface area contributed by atoms with Gasteiger partial charge in [0.15, 0.2) is 11.5 Å². The second-order valence-corrected chi connectivity index (χ2v) is 5.99. The van der Waals surface area contributed by atoms with Gasteiger partial charge in [-0.25, -0.2) is 4.79 Å². The summed E-state index contributed by atoms with van der Waals surface area (Å²) in [5.41, 5.74) is 0.678. The number of anilines is 1. The van der Waals surface area contributed by atoms with E-state index < -0.39 is 0 Å². The number of hydrogen-bond donors (Lipinski definition) is 2. The third kappa shape index (κ3) is 3.20. The first-order chi connectivity index (χ1) is 11.3. The number of fused-ring (bicyclic) bond motifs is 2. The van der Waals surface area contributed by atoms with Crippen molar-refractivity contribution in [3.05, 3.63) is 18.2 Å². The van der Waals surface area contributed by atoms with E-state index in [1.54, 1.807) is 18.2 Å². The Hall–Kier alpha value is -1.99. The number of urea groups is 1. The van der Waals surface area contributed by atoms with Crippen LogP contribution in [0.5, 0.6) is 11.5 Å². The molecule has 0 bridgehead atoms. The van der Waals surface area contributed by atoms with Gasteiger partial charge in [-0.2, -0.15) is 0 Å². The van der Waals surface area contributed by atoms with Crippen LogP contribution in [0.1, 0.15) is 19.3 Å². The minimum absolute atomic E-state index is 0.0911. The predicted molar refractivity (Wildman–Crippen MR) is 81.8 cm³/mol. The van der Waals surface area contributed by atoms with Gasteiger partial charge in [0.2, 0.25) is 6.79 Å². The van der Waals surface area contributed by atoms with Crippen molar-refractivity contribution >= 4 is 11.7 Å². The van der Waals surface area contributed by atoms with Gasteiger partial charge in [-0.05, 0) is 31.4 Å². The van der Waals surface area contributed by atoms with Crippen LogP contribution in [0.15, 0.2) is 18.2 Å². The lowest BCUT2D eigenvalue weighted by Crippen LogP contribution is -2.50. The van der Waals surface area contributed by atoms with E-state index in [2.05, 4.69) is 10.6 Å². The number of hydrogen-bond acceptors (Lipinski definition) is 5. The Kier molecular flexibility index (Phi) is 3.97. The standard InChI is InChI=1S/C16H20N2O5/c19-16(18-11-2-4-13-15(8-11)23-9-22-13)17-10-1-3-12-14(7-10)21-6-5-20-12/h2,4,8,10,12,14H,1,3,5-7,9H2,(H2,17,18,19). The van der Waals surface area contributed by atoms with Crippen LogP contribution in [0.3, 0.4) is 0 Å². The maximum atomic E-state index is 12.2. The Labute approximate surface area is 134 Å². The quantitative estimate of drug-likeness (QED) is 0.870. The van der Waals surface area contributed by atoms with Crippen LogP contribution in [0.2, 0.25) is 0 Å². The van der Waals surface area contributed by atoms with Crippen molar-refractivity contribution in [3.8, 4) is 11.5 Å². The molecule has 2 N–H and O–H groups in total. The van der Waals surface area contributed by atoms with Gasteiger partial charge >= 0.3 is 6.03 Å². The van der Waals surface area contributed by atoms with Crippen molar-refractivity contribution in [3.63, 3.8) is 0 Å². The largest absolute Gasteiger partial charge is 0.454 e. The van der Waals surface area contributed by atoms with Crippen molar-refractivity contribution < 1.29 is 23.7 Å². The highest BCUT2D eigenvalue weighted by Crippen LogP contribution is 2.34. The number of nitrogens with one attached hydrogen (secondary N) is 2.